The van der Waals surface area contributed by atoms with Crippen LogP contribution in [0.15, 0.2) is 30.3 Å². The lowest BCUT2D eigenvalue weighted by Gasteiger charge is -2.33. The molecule has 0 aliphatic heterocycles. The predicted octanol–water partition coefficient (Wildman–Crippen LogP) is 2.15. The lowest BCUT2D eigenvalue weighted by molar-refractivity contribution is -0.152. The number of benzene rings is 1. The van der Waals surface area contributed by atoms with Gasteiger partial charge in [0.15, 0.2) is 0 Å². The summed E-state index contributed by atoms with van der Waals surface area (Å²) in [5.41, 5.74) is 0.204. The van der Waals surface area contributed by atoms with Crippen molar-refractivity contribution in [2.24, 2.45) is 0 Å². The third-order valence-corrected chi connectivity index (χ3v) is 4.33. The van der Waals surface area contributed by atoms with Crippen LogP contribution in [-0.2, 0) is 15.1 Å². The number of likely N-dealkylation sites (N-methyl/N-ethyl adjacent to an activating group) is 1. The summed E-state index contributed by atoms with van der Waals surface area (Å²) < 4.78 is 5.34. The van der Waals surface area contributed by atoms with Crippen LogP contribution in [-0.4, -0.2) is 44.2 Å². The predicted molar refractivity (Wildman–Crippen MR) is 84.1 cm³/mol. The Hall–Kier alpha value is -1.39. The molecule has 0 saturated heterocycles. The summed E-state index contributed by atoms with van der Waals surface area (Å²) in [7, 11) is 3.97. The van der Waals surface area contributed by atoms with Crippen LogP contribution >= 0.6 is 0 Å². The minimum atomic E-state index is -0.763. The Bertz CT molecular complexity index is 459. The van der Waals surface area contributed by atoms with Gasteiger partial charge in [-0.05, 0) is 45.8 Å². The first-order chi connectivity index (χ1) is 10.1. The summed E-state index contributed by atoms with van der Waals surface area (Å²) in [6.45, 7) is 3.12. The van der Waals surface area contributed by atoms with Crippen LogP contribution in [0.5, 0.6) is 0 Å². The number of carbonyl (C=O) groups is 1. The molecule has 1 N–H and O–H groups in total. The van der Waals surface area contributed by atoms with E-state index in [4.69, 9.17) is 4.74 Å². The number of hydrogen-bond donors (Lipinski definition) is 1. The molecule has 0 spiro atoms. The molecule has 0 bridgehead atoms. The highest BCUT2D eigenvalue weighted by Gasteiger charge is 2.41. The highest BCUT2D eigenvalue weighted by Crippen LogP contribution is 2.30. The Morgan fingerprint density at radius 2 is 2.05 bits per heavy atom. The van der Waals surface area contributed by atoms with Crippen molar-refractivity contribution < 1.29 is 9.53 Å². The van der Waals surface area contributed by atoms with Crippen molar-refractivity contribution in [2.75, 3.05) is 27.2 Å². The van der Waals surface area contributed by atoms with Crippen LogP contribution in [0.25, 0.3) is 0 Å². The summed E-state index contributed by atoms with van der Waals surface area (Å²) in [5, 5.41) is 3.23. The fraction of sp³-hybridized carbons (Fsp3) is 0.588. The molecule has 4 nitrogen and oxygen atoms in total. The van der Waals surface area contributed by atoms with E-state index in [1.807, 2.05) is 44.3 Å². The van der Waals surface area contributed by atoms with Crippen LogP contribution in [0.2, 0.25) is 0 Å². The van der Waals surface area contributed by atoms with Gasteiger partial charge in [0.1, 0.15) is 5.54 Å². The van der Waals surface area contributed by atoms with Crippen molar-refractivity contribution in [3.05, 3.63) is 35.9 Å². The maximum atomic E-state index is 12.6. The average Bonchev–Trinajstić information content (AvgIpc) is 3.34. The van der Waals surface area contributed by atoms with E-state index >= 15 is 0 Å². The summed E-state index contributed by atoms with van der Waals surface area (Å²) >= 11 is 0. The van der Waals surface area contributed by atoms with Crippen molar-refractivity contribution in [3.8, 4) is 0 Å². The fourth-order valence-corrected chi connectivity index (χ4v) is 2.75. The van der Waals surface area contributed by atoms with E-state index < -0.39 is 5.54 Å². The van der Waals surface area contributed by atoms with Gasteiger partial charge in [0, 0.05) is 12.6 Å². The molecule has 0 heterocycles. The zero-order chi connectivity index (χ0) is 15.3. The van der Waals surface area contributed by atoms with Crippen LogP contribution in [0, 0.1) is 0 Å². The molecule has 21 heavy (non-hydrogen) atoms. The number of nitrogens with zero attached hydrogens (tertiary/aromatic N) is 1. The minimum Gasteiger partial charge on any atom is -0.464 e. The normalized spacial score (nSPS) is 17.5. The SMILES string of the molecule is CCOC(=O)C(CCN(C)C1CC1)(NC)c1ccccc1. The van der Waals surface area contributed by atoms with Crippen molar-refractivity contribution in [1.82, 2.24) is 10.2 Å². The molecule has 1 aromatic rings. The second-order valence-electron chi connectivity index (χ2n) is 5.70. The van der Waals surface area contributed by atoms with Crippen LogP contribution < -0.4 is 5.32 Å². The molecule has 1 atom stereocenters. The van der Waals surface area contributed by atoms with Gasteiger partial charge in [-0.25, -0.2) is 4.79 Å². The molecule has 1 aromatic carbocycles. The van der Waals surface area contributed by atoms with E-state index in [1.165, 1.54) is 12.8 Å². The Labute approximate surface area is 127 Å². The largest absolute Gasteiger partial charge is 0.464 e. The third-order valence-electron chi connectivity index (χ3n) is 4.33. The number of nitrogens with one attached hydrogen (secondary N) is 1. The minimum absolute atomic E-state index is 0.192. The summed E-state index contributed by atoms with van der Waals surface area (Å²) in [6, 6.07) is 10.6. The number of esters is 1. The molecule has 116 valence electrons. The maximum Gasteiger partial charge on any atom is 0.331 e. The topological polar surface area (TPSA) is 41.6 Å². The van der Waals surface area contributed by atoms with E-state index in [0.29, 0.717) is 19.1 Å². The zero-order valence-electron chi connectivity index (χ0n) is 13.3. The second kappa shape index (κ2) is 7.05. The quantitative estimate of drug-likeness (QED) is 0.745. The molecule has 1 aliphatic carbocycles. The number of hydrogen-bond acceptors (Lipinski definition) is 4. The van der Waals surface area contributed by atoms with Gasteiger partial charge in [0.2, 0.25) is 0 Å². The molecule has 1 aliphatic rings. The van der Waals surface area contributed by atoms with Gasteiger partial charge < -0.3 is 15.0 Å². The fourth-order valence-electron chi connectivity index (χ4n) is 2.75. The Kier molecular flexibility index (Phi) is 5.37. The van der Waals surface area contributed by atoms with Crippen molar-refractivity contribution in [1.29, 1.82) is 0 Å². The standard InChI is InChI=1S/C17H26N2O2/c1-4-21-16(20)17(18-2,14-8-6-5-7-9-14)12-13-19(3)15-10-11-15/h5-9,15,18H,4,10-13H2,1-3H3. The summed E-state index contributed by atoms with van der Waals surface area (Å²) in [5.74, 6) is -0.192. The lowest BCUT2D eigenvalue weighted by Crippen LogP contribution is -2.50. The van der Waals surface area contributed by atoms with Gasteiger partial charge in [-0.1, -0.05) is 30.3 Å². The molecule has 0 aromatic heterocycles. The van der Waals surface area contributed by atoms with Gasteiger partial charge in [-0.15, -0.1) is 0 Å². The monoisotopic (exact) mass is 290 g/mol. The van der Waals surface area contributed by atoms with Crippen LogP contribution in [0.1, 0.15) is 31.7 Å². The zero-order valence-corrected chi connectivity index (χ0v) is 13.3. The Morgan fingerprint density at radius 1 is 1.38 bits per heavy atom. The van der Waals surface area contributed by atoms with Gasteiger partial charge in [0.25, 0.3) is 0 Å². The molecule has 1 fully saturated rings. The molecular weight excluding hydrogens is 264 g/mol. The third kappa shape index (κ3) is 3.63. The molecular formula is C17H26N2O2. The Morgan fingerprint density at radius 3 is 2.57 bits per heavy atom. The number of ether oxygens (including phenoxy) is 1. The highest BCUT2D eigenvalue weighted by molar-refractivity contribution is 5.82. The molecule has 0 amide bonds. The first-order valence-electron chi connectivity index (χ1n) is 7.76. The Balaban J connectivity index is 2.20. The van der Waals surface area contributed by atoms with E-state index in [-0.39, 0.29) is 5.97 Å². The van der Waals surface area contributed by atoms with E-state index in [9.17, 15) is 4.79 Å². The van der Waals surface area contributed by atoms with E-state index in [2.05, 4.69) is 17.3 Å². The first kappa shape index (κ1) is 16.0. The van der Waals surface area contributed by atoms with Gasteiger partial charge in [0.05, 0.1) is 6.61 Å². The van der Waals surface area contributed by atoms with Gasteiger partial charge in [-0.3, -0.25) is 0 Å². The smallest absolute Gasteiger partial charge is 0.331 e. The molecule has 0 radical (unpaired) electrons. The van der Waals surface area contributed by atoms with E-state index in [1.54, 1.807) is 0 Å². The number of rotatable bonds is 8. The van der Waals surface area contributed by atoms with Crippen molar-refractivity contribution >= 4 is 5.97 Å². The highest BCUT2D eigenvalue weighted by atomic mass is 16.5. The van der Waals surface area contributed by atoms with Gasteiger partial charge in [-0.2, -0.15) is 0 Å². The molecule has 2 rings (SSSR count). The summed E-state index contributed by atoms with van der Waals surface area (Å²) in [6.07, 6.45) is 3.25. The van der Waals surface area contributed by atoms with Crippen LogP contribution in [0.3, 0.4) is 0 Å². The maximum absolute atomic E-state index is 12.6. The van der Waals surface area contributed by atoms with Gasteiger partial charge >= 0.3 is 5.97 Å². The van der Waals surface area contributed by atoms with E-state index in [0.717, 1.165) is 12.1 Å². The summed E-state index contributed by atoms with van der Waals surface area (Å²) in [4.78, 5) is 14.9. The van der Waals surface area contributed by atoms with Crippen molar-refractivity contribution in [3.63, 3.8) is 0 Å². The average molecular weight is 290 g/mol. The lowest BCUT2D eigenvalue weighted by atomic mass is 9.86. The molecule has 1 unspecified atom stereocenters. The number of carbonyl (C=O) groups excluding carboxylic acids is 1. The molecule has 4 heteroatoms. The van der Waals surface area contributed by atoms with Crippen molar-refractivity contribution in [2.45, 2.75) is 37.8 Å². The molecule has 1 saturated carbocycles. The second-order valence-corrected chi connectivity index (χ2v) is 5.70. The first-order valence-corrected chi connectivity index (χ1v) is 7.76. The van der Waals surface area contributed by atoms with Crippen LogP contribution in [0.4, 0.5) is 0 Å².